The van der Waals surface area contributed by atoms with Crippen molar-refractivity contribution in [1.82, 2.24) is 9.88 Å². The van der Waals surface area contributed by atoms with Gasteiger partial charge in [0.1, 0.15) is 11.3 Å². The van der Waals surface area contributed by atoms with Crippen LogP contribution in [0.1, 0.15) is 24.2 Å². The lowest BCUT2D eigenvalue weighted by Crippen LogP contribution is -2.38. The molecule has 0 spiro atoms. The first-order chi connectivity index (χ1) is 13.6. The lowest BCUT2D eigenvalue weighted by Gasteiger charge is -2.24. The van der Waals surface area contributed by atoms with Gasteiger partial charge in [0.25, 0.3) is 5.91 Å². The van der Waals surface area contributed by atoms with Crippen LogP contribution in [0.4, 0.5) is 9.52 Å². The molecule has 3 aromatic rings. The molecule has 0 aliphatic heterocycles. The highest BCUT2D eigenvalue weighted by atomic mass is 35.5. The van der Waals surface area contributed by atoms with Crippen molar-refractivity contribution in [2.45, 2.75) is 18.7 Å². The molecule has 8 heteroatoms. The number of hydrogen-bond donors (Lipinski definition) is 0. The van der Waals surface area contributed by atoms with Crippen LogP contribution in [0.25, 0.3) is 10.2 Å². The Balaban J connectivity index is 0.00000300. The molecule has 0 aliphatic rings. The van der Waals surface area contributed by atoms with Gasteiger partial charge in [0, 0.05) is 23.5 Å². The van der Waals surface area contributed by atoms with Crippen molar-refractivity contribution >= 4 is 56.8 Å². The van der Waals surface area contributed by atoms with Gasteiger partial charge in [0.05, 0.1) is 4.70 Å². The van der Waals surface area contributed by atoms with Crippen LogP contribution < -0.4 is 4.90 Å². The summed E-state index contributed by atoms with van der Waals surface area (Å²) in [5.74, 6) is -0.469. The monoisotopic (exact) mass is 453 g/mol. The highest BCUT2D eigenvalue weighted by molar-refractivity contribution is 7.98. The number of carbonyl (C=O) groups excluding carboxylic acids is 1. The number of anilines is 1. The first kappa shape index (κ1) is 23.6. The zero-order valence-corrected chi connectivity index (χ0v) is 19.2. The molecule has 1 amide bonds. The number of nitrogens with zero attached hydrogens (tertiary/aromatic N) is 3. The summed E-state index contributed by atoms with van der Waals surface area (Å²) < 4.78 is 14.9. The number of amides is 1. The number of benzene rings is 2. The molecule has 0 saturated heterocycles. The molecule has 1 heterocycles. The fourth-order valence-corrected chi connectivity index (χ4v) is 4.46. The number of thiazole rings is 1. The molecule has 4 nitrogen and oxygen atoms in total. The summed E-state index contributed by atoms with van der Waals surface area (Å²) in [6.07, 6.45) is 1.98. The van der Waals surface area contributed by atoms with Crippen molar-refractivity contribution in [1.29, 1.82) is 0 Å². The predicted octanol–water partition coefficient (Wildman–Crippen LogP) is 5.57. The molecule has 1 aromatic heterocycles. The van der Waals surface area contributed by atoms with Crippen LogP contribution in [0.2, 0.25) is 0 Å². The topological polar surface area (TPSA) is 36.4 Å². The second-order valence-corrected chi connectivity index (χ2v) is 8.19. The van der Waals surface area contributed by atoms with Crippen LogP contribution in [0.15, 0.2) is 47.4 Å². The van der Waals surface area contributed by atoms with Gasteiger partial charge in [-0.25, -0.2) is 9.37 Å². The second kappa shape index (κ2) is 10.9. The minimum Gasteiger partial charge on any atom is -0.302 e. The van der Waals surface area contributed by atoms with Crippen LogP contribution >= 0.6 is 35.5 Å². The maximum atomic E-state index is 14.1. The number of hydrogen-bond acceptors (Lipinski definition) is 5. The number of aromatic nitrogens is 1. The first-order valence-electron chi connectivity index (χ1n) is 9.30. The number of carbonyl (C=O) groups is 1. The molecule has 0 atom stereocenters. The van der Waals surface area contributed by atoms with Crippen molar-refractivity contribution in [2.24, 2.45) is 0 Å². The average Bonchev–Trinajstić information content (AvgIpc) is 3.16. The molecule has 0 aliphatic carbocycles. The SMILES string of the molecule is CCN(CC)CCN(C(=O)c1cccc(SC)c1)c1nc2c(F)cccc2s1.Cl. The number of rotatable bonds is 8. The zero-order valence-electron chi connectivity index (χ0n) is 16.7. The number of likely N-dealkylation sites (N-methyl/N-ethyl adjacent to an activating group) is 1. The number of para-hydroxylation sites is 1. The molecule has 0 saturated carbocycles. The average molecular weight is 454 g/mol. The third-order valence-corrected chi connectivity index (χ3v) is 6.45. The highest BCUT2D eigenvalue weighted by Gasteiger charge is 2.22. The molecule has 0 bridgehead atoms. The van der Waals surface area contributed by atoms with Gasteiger partial charge in [0.15, 0.2) is 5.13 Å². The van der Waals surface area contributed by atoms with E-state index in [1.54, 1.807) is 22.7 Å². The molecule has 29 heavy (non-hydrogen) atoms. The third kappa shape index (κ3) is 5.48. The van der Waals surface area contributed by atoms with Crippen molar-refractivity contribution in [2.75, 3.05) is 37.3 Å². The van der Waals surface area contributed by atoms with E-state index < -0.39 is 0 Å². The van der Waals surface area contributed by atoms with E-state index in [1.165, 1.54) is 17.4 Å². The van der Waals surface area contributed by atoms with Crippen LogP contribution in [0.3, 0.4) is 0 Å². The maximum absolute atomic E-state index is 14.1. The third-order valence-electron chi connectivity index (χ3n) is 4.69. The van der Waals surface area contributed by atoms with Gasteiger partial charge in [-0.3, -0.25) is 9.69 Å². The predicted molar refractivity (Wildman–Crippen MR) is 125 cm³/mol. The van der Waals surface area contributed by atoms with E-state index in [1.807, 2.05) is 36.6 Å². The Morgan fingerprint density at radius 1 is 1.14 bits per heavy atom. The lowest BCUT2D eigenvalue weighted by molar-refractivity contribution is 0.0983. The van der Waals surface area contributed by atoms with Gasteiger partial charge in [-0.2, -0.15) is 0 Å². The van der Waals surface area contributed by atoms with Gasteiger partial charge in [0.2, 0.25) is 0 Å². The van der Waals surface area contributed by atoms with Gasteiger partial charge < -0.3 is 4.90 Å². The van der Waals surface area contributed by atoms with Crippen molar-refractivity contribution in [3.05, 3.63) is 53.8 Å². The standard InChI is InChI=1S/C21H24FN3OS2.ClH/c1-4-24(5-2)12-13-25(20(26)15-8-6-9-16(14-15)27-3)21-23-19-17(22)10-7-11-18(19)28-21;/h6-11,14H,4-5,12-13H2,1-3H3;1H. The van der Waals surface area contributed by atoms with Gasteiger partial charge in [-0.1, -0.05) is 37.3 Å². The van der Waals surface area contributed by atoms with E-state index in [0.29, 0.717) is 22.8 Å². The summed E-state index contributed by atoms with van der Waals surface area (Å²) in [4.78, 5) is 22.8. The summed E-state index contributed by atoms with van der Waals surface area (Å²) in [6, 6.07) is 12.5. The van der Waals surface area contributed by atoms with E-state index in [4.69, 9.17) is 0 Å². The van der Waals surface area contributed by atoms with Gasteiger partial charge in [-0.15, -0.1) is 24.2 Å². The lowest BCUT2D eigenvalue weighted by atomic mass is 10.2. The van der Waals surface area contributed by atoms with Crippen molar-refractivity contribution in [3.63, 3.8) is 0 Å². The van der Waals surface area contributed by atoms with E-state index in [9.17, 15) is 9.18 Å². The fourth-order valence-electron chi connectivity index (χ4n) is 3.00. The number of fused-ring (bicyclic) bond motifs is 1. The Morgan fingerprint density at radius 2 is 1.86 bits per heavy atom. The minimum absolute atomic E-state index is 0. The van der Waals surface area contributed by atoms with Gasteiger partial charge in [-0.05, 0) is 49.7 Å². The molecule has 0 unspecified atom stereocenters. The summed E-state index contributed by atoms with van der Waals surface area (Å²) in [5, 5.41) is 0.534. The summed E-state index contributed by atoms with van der Waals surface area (Å²) >= 11 is 2.95. The first-order valence-corrected chi connectivity index (χ1v) is 11.3. The Kier molecular flexibility index (Phi) is 8.89. The molecule has 0 radical (unpaired) electrons. The summed E-state index contributed by atoms with van der Waals surface area (Å²) in [5.41, 5.74) is 0.937. The summed E-state index contributed by atoms with van der Waals surface area (Å²) in [6.45, 7) is 7.27. The van der Waals surface area contributed by atoms with Crippen molar-refractivity contribution < 1.29 is 9.18 Å². The highest BCUT2D eigenvalue weighted by Crippen LogP contribution is 2.31. The van der Waals surface area contributed by atoms with Crippen LogP contribution in [-0.4, -0.2) is 48.2 Å². The van der Waals surface area contributed by atoms with Crippen LogP contribution in [0.5, 0.6) is 0 Å². The smallest absolute Gasteiger partial charge is 0.260 e. The summed E-state index contributed by atoms with van der Waals surface area (Å²) in [7, 11) is 0. The maximum Gasteiger partial charge on any atom is 0.260 e. The zero-order chi connectivity index (χ0) is 20.1. The Hall–Kier alpha value is -1.67. The molecule has 156 valence electrons. The molecule has 0 fully saturated rings. The van der Waals surface area contributed by atoms with Crippen molar-refractivity contribution in [3.8, 4) is 0 Å². The van der Waals surface area contributed by atoms with E-state index in [2.05, 4.69) is 23.7 Å². The number of halogens is 2. The molecule has 3 rings (SSSR count). The Morgan fingerprint density at radius 3 is 2.52 bits per heavy atom. The van der Waals surface area contributed by atoms with E-state index in [-0.39, 0.29) is 24.1 Å². The molecular weight excluding hydrogens is 429 g/mol. The van der Waals surface area contributed by atoms with E-state index >= 15 is 0 Å². The molecule has 0 N–H and O–H groups in total. The quantitative estimate of drug-likeness (QED) is 0.418. The van der Waals surface area contributed by atoms with Crippen LogP contribution in [0, 0.1) is 5.82 Å². The van der Waals surface area contributed by atoms with E-state index in [0.717, 1.165) is 29.2 Å². The fraction of sp³-hybridized carbons (Fsp3) is 0.333. The second-order valence-electron chi connectivity index (χ2n) is 6.30. The van der Waals surface area contributed by atoms with Crippen LogP contribution in [-0.2, 0) is 0 Å². The molecule has 2 aromatic carbocycles. The Bertz CT molecular complexity index is 962. The number of thioether (sulfide) groups is 1. The van der Waals surface area contributed by atoms with Gasteiger partial charge >= 0.3 is 0 Å². The minimum atomic E-state index is -0.361. The molecular formula is C21H25ClFN3OS2. The Labute approximate surface area is 185 Å². The largest absolute Gasteiger partial charge is 0.302 e. The normalized spacial score (nSPS) is 10.9.